The Balaban J connectivity index is 1.89. The maximum Gasteiger partial charge on any atom is 0.224 e. The van der Waals surface area contributed by atoms with Crippen LogP contribution in [0.15, 0.2) is 18.5 Å². The molecule has 1 fully saturated rings. The molecular weight excluding hydrogens is 240 g/mol. The monoisotopic (exact) mass is 262 g/mol. The molecule has 1 aromatic rings. The number of carbonyl (C=O) groups is 1. The Bertz CT molecular complexity index is 412. The van der Waals surface area contributed by atoms with Crippen LogP contribution in [-0.4, -0.2) is 16.0 Å². The molecule has 0 spiro atoms. The third kappa shape index (κ3) is 4.31. The molecule has 2 N–H and O–H groups in total. The predicted molar refractivity (Wildman–Crippen MR) is 74.6 cm³/mol. The van der Waals surface area contributed by atoms with Gasteiger partial charge in [0, 0.05) is 18.2 Å². The summed E-state index contributed by atoms with van der Waals surface area (Å²) in [6.07, 6.45) is 11.2. The van der Waals surface area contributed by atoms with Crippen LogP contribution in [0.4, 0.5) is 5.69 Å². The van der Waals surface area contributed by atoms with E-state index >= 15 is 0 Å². The Kier molecular flexibility index (Phi) is 5.33. The SMILES string of the molecule is O=C(CC1CCCCCC1)Nc1cnccc1CO. The highest BCUT2D eigenvalue weighted by Gasteiger charge is 2.16. The van der Waals surface area contributed by atoms with Crippen LogP contribution in [0, 0.1) is 5.92 Å². The second-order valence-electron chi connectivity index (χ2n) is 5.30. The van der Waals surface area contributed by atoms with Crippen molar-refractivity contribution in [2.24, 2.45) is 5.92 Å². The van der Waals surface area contributed by atoms with Crippen molar-refractivity contribution in [3.63, 3.8) is 0 Å². The smallest absolute Gasteiger partial charge is 0.224 e. The Morgan fingerprint density at radius 1 is 1.32 bits per heavy atom. The molecule has 4 heteroatoms. The lowest BCUT2D eigenvalue weighted by Crippen LogP contribution is -2.17. The molecule has 1 aromatic heterocycles. The minimum atomic E-state index is -0.0818. The number of nitrogens with one attached hydrogen (secondary N) is 1. The maximum absolute atomic E-state index is 12.0. The molecule has 0 aromatic carbocycles. The van der Waals surface area contributed by atoms with Crippen LogP contribution in [0.1, 0.15) is 50.5 Å². The minimum Gasteiger partial charge on any atom is -0.392 e. The van der Waals surface area contributed by atoms with Gasteiger partial charge in [-0.3, -0.25) is 9.78 Å². The topological polar surface area (TPSA) is 62.2 Å². The summed E-state index contributed by atoms with van der Waals surface area (Å²) in [5.74, 6) is 0.548. The van der Waals surface area contributed by atoms with Crippen LogP contribution in [0.3, 0.4) is 0 Å². The van der Waals surface area contributed by atoms with Crippen LogP contribution in [0.5, 0.6) is 0 Å². The van der Waals surface area contributed by atoms with Crippen molar-refractivity contribution in [1.82, 2.24) is 4.98 Å². The average Bonchev–Trinajstić information content (AvgIpc) is 2.68. The summed E-state index contributed by atoms with van der Waals surface area (Å²) < 4.78 is 0. The van der Waals surface area contributed by atoms with E-state index in [-0.39, 0.29) is 12.5 Å². The van der Waals surface area contributed by atoms with Gasteiger partial charge in [0.2, 0.25) is 5.91 Å². The number of hydrogen-bond acceptors (Lipinski definition) is 3. The largest absolute Gasteiger partial charge is 0.392 e. The summed E-state index contributed by atoms with van der Waals surface area (Å²) in [6, 6.07) is 1.72. The van der Waals surface area contributed by atoms with Gasteiger partial charge in [0.25, 0.3) is 0 Å². The van der Waals surface area contributed by atoms with E-state index < -0.39 is 0 Å². The molecule has 2 rings (SSSR count). The van der Waals surface area contributed by atoms with Crippen LogP contribution >= 0.6 is 0 Å². The predicted octanol–water partition coefficient (Wildman–Crippen LogP) is 2.87. The maximum atomic E-state index is 12.0. The van der Waals surface area contributed by atoms with Crippen LogP contribution < -0.4 is 5.32 Å². The minimum absolute atomic E-state index is 0.0367. The highest BCUT2D eigenvalue weighted by molar-refractivity contribution is 5.91. The fraction of sp³-hybridized carbons (Fsp3) is 0.600. The second kappa shape index (κ2) is 7.24. The van der Waals surface area contributed by atoms with E-state index in [0.717, 1.165) is 12.8 Å². The molecule has 1 amide bonds. The average molecular weight is 262 g/mol. The molecule has 1 saturated carbocycles. The van der Waals surface area contributed by atoms with Gasteiger partial charge in [-0.1, -0.05) is 25.7 Å². The van der Waals surface area contributed by atoms with E-state index in [9.17, 15) is 9.90 Å². The van der Waals surface area contributed by atoms with Gasteiger partial charge in [0.15, 0.2) is 0 Å². The summed E-state index contributed by atoms with van der Waals surface area (Å²) >= 11 is 0. The molecule has 1 aliphatic rings. The van der Waals surface area contributed by atoms with Crippen molar-refractivity contribution in [2.45, 2.75) is 51.6 Å². The van der Waals surface area contributed by atoms with Crippen molar-refractivity contribution < 1.29 is 9.90 Å². The van der Waals surface area contributed by atoms with Crippen LogP contribution in [0.2, 0.25) is 0 Å². The Morgan fingerprint density at radius 2 is 2.05 bits per heavy atom. The highest BCUT2D eigenvalue weighted by atomic mass is 16.3. The van der Waals surface area contributed by atoms with E-state index in [1.807, 2.05) is 0 Å². The second-order valence-corrected chi connectivity index (χ2v) is 5.30. The number of aliphatic hydroxyl groups is 1. The Labute approximate surface area is 114 Å². The van der Waals surface area contributed by atoms with Crippen molar-refractivity contribution in [1.29, 1.82) is 0 Å². The first-order valence-corrected chi connectivity index (χ1v) is 7.13. The third-order valence-corrected chi connectivity index (χ3v) is 3.80. The number of aliphatic hydroxyl groups excluding tert-OH is 1. The number of nitrogens with zero attached hydrogens (tertiary/aromatic N) is 1. The van der Waals surface area contributed by atoms with E-state index in [4.69, 9.17) is 0 Å². The number of amides is 1. The summed E-state index contributed by atoms with van der Waals surface area (Å²) in [4.78, 5) is 16.0. The van der Waals surface area contributed by atoms with E-state index in [1.165, 1.54) is 25.7 Å². The van der Waals surface area contributed by atoms with Crippen LogP contribution in [-0.2, 0) is 11.4 Å². The van der Waals surface area contributed by atoms with E-state index in [2.05, 4.69) is 10.3 Å². The molecule has 19 heavy (non-hydrogen) atoms. The van der Waals surface area contributed by atoms with Crippen molar-refractivity contribution in [3.05, 3.63) is 24.0 Å². The zero-order valence-electron chi connectivity index (χ0n) is 11.3. The zero-order valence-corrected chi connectivity index (χ0v) is 11.3. The number of rotatable bonds is 4. The van der Waals surface area contributed by atoms with Crippen LogP contribution in [0.25, 0.3) is 0 Å². The van der Waals surface area contributed by atoms with Gasteiger partial charge in [0.05, 0.1) is 18.5 Å². The van der Waals surface area contributed by atoms with Gasteiger partial charge in [-0.15, -0.1) is 0 Å². The quantitative estimate of drug-likeness (QED) is 0.820. The number of aromatic nitrogens is 1. The standard InChI is InChI=1S/C15H22N2O2/c18-11-13-7-8-16-10-14(13)17-15(19)9-12-5-3-1-2-4-6-12/h7-8,10,12,18H,1-6,9,11H2,(H,17,19). The summed E-state index contributed by atoms with van der Waals surface area (Å²) in [7, 11) is 0. The molecule has 0 unspecified atom stereocenters. The fourth-order valence-electron chi connectivity index (χ4n) is 2.71. The summed E-state index contributed by atoms with van der Waals surface area (Å²) in [6.45, 7) is -0.0818. The van der Waals surface area contributed by atoms with Gasteiger partial charge in [-0.25, -0.2) is 0 Å². The molecule has 0 saturated heterocycles. The summed E-state index contributed by atoms with van der Waals surface area (Å²) in [5, 5.41) is 12.1. The number of pyridine rings is 1. The zero-order chi connectivity index (χ0) is 13.5. The Hall–Kier alpha value is -1.42. The molecule has 0 aliphatic heterocycles. The van der Waals surface area contributed by atoms with Crippen molar-refractivity contribution in [2.75, 3.05) is 5.32 Å². The van der Waals surface area contributed by atoms with Crippen molar-refractivity contribution in [3.8, 4) is 0 Å². The summed E-state index contributed by atoms with van der Waals surface area (Å²) in [5.41, 5.74) is 1.34. The van der Waals surface area contributed by atoms with Crippen molar-refractivity contribution >= 4 is 11.6 Å². The molecule has 0 atom stereocenters. The lowest BCUT2D eigenvalue weighted by Gasteiger charge is -2.14. The third-order valence-electron chi connectivity index (χ3n) is 3.80. The van der Waals surface area contributed by atoms with Gasteiger partial charge in [0.1, 0.15) is 0 Å². The number of hydrogen-bond donors (Lipinski definition) is 2. The first-order valence-electron chi connectivity index (χ1n) is 7.13. The molecule has 0 bridgehead atoms. The first kappa shape index (κ1) is 14.0. The fourth-order valence-corrected chi connectivity index (χ4v) is 2.71. The highest BCUT2D eigenvalue weighted by Crippen LogP contribution is 2.26. The lowest BCUT2D eigenvalue weighted by atomic mass is 9.96. The van der Waals surface area contributed by atoms with E-state index in [1.54, 1.807) is 18.5 Å². The lowest BCUT2D eigenvalue weighted by molar-refractivity contribution is -0.117. The van der Waals surface area contributed by atoms with Gasteiger partial charge >= 0.3 is 0 Å². The molecule has 1 heterocycles. The number of anilines is 1. The molecule has 4 nitrogen and oxygen atoms in total. The molecular formula is C15H22N2O2. The Morgan fingerprint density at radius 3 is 2.74 bits per heavy atom. The van der Waals surface area contributed by atoms with Gasteiger partial charge < -0.3 is 10.4 Å². The molecule has 104 valence electrons. The number of carbonyl (C=O) groups excluding carboxylic acids is 1. The van der Waals surface area contributed by atoms with Gasteiger partial charge in [-0.05, 0) is 24.8 Å². The van der Waals surface area contributed by atoms with E-state index in [0.29, 0.717) is 23.6 Å². The normalized spacial score (nSPS) is 16.9. The molecule has 1 aliphatic carbocycles. The van der Waals surface area contributed by atoms with Gasteiger partial charge in [-0.2, -0.15) is 0 Å². The molecule has 0 radical (unpaired) electrons. The first-order chi connectivity index (χ1) is 9.29.